The second-order valence-electron chi connectivity index (χ2n) is 9.71. The molecule has 4 aliphatic rings. The summed E-state index contributed by atoms with van der Waals surface area (Å²) in [5, 5.41) is 1.81. The van der Waals surface area contributed by atoms with E-state index in [9.17, 15) is 0 Å². The Morgan fingerprint density at radius 1 is 0.933 bits per heavy atom. The fourth-order valence-electron chi connectivity index (χ4n) is 6.66. The predicted octanol–water partition coefficient (Wildman–Crippen LogP) is 5.43. The molecule has 158 valence electrons. The van der Waals surface area contributed by atoms with E-state index in [0.29, 0.717) is 23.7 Å². The van der Waals surface area contributed by atoms with Gasteiger partial charge in [0.1, 0.15) is 0 Å². The summed E-state index contributed by atoms with van der Waals surface area (Å²) in [6, 6.07) is 21.8. The third-order valence-corrected chi connectivity index (χ3v) is 8.17. The third kappa shape index (κ3) is 2.89. The zero-order valence-electron chi connectivity index (χ0n) is 17.7. The molecular formula is C26H31NO3. The van der Waals surface area contributed by atoms with Crippen LogP contribution < -0.4 is 0 Å². The summed E-state index contributed by atoms with van der Waals surface area (Å²) in [6.07, 6.45) is 5.85. The maximum Gasteiger partial charge on any atom is 0.184 e. The van der Waals surface area contributed by atoms with Gasteiger partial charge in [-0.2, -0.15) is 0 Å². The molecule has 0 spiro atoms. The Balaban J connectivity index is 1.30. The zero-order valence-corrected chi connectivity index (χ0v) is 17.7. The number of benzene rings is 2. The van der Waals surface area contributed by atoms with E-state index in [4.69, 9.17) is 14.4 Å². The van der Waals surface area contributed by atoms with Crippen LogP contribution in [0.4, 0.5) is 0 Å². The van der Waals surface area contributed by atoms with Gasteiger partial charge in [-0.3, -0.25) is 4.84 Å². The first-order valence-electron chi connectivity index (χ1n) is 11.6. The molecule has 2 heterocycles. The van der Waals surface area contributed by atoms with E-state index in [-0.39, 0.29) is 17.9 Å². The molecule has 2 aromatic rings. The monoisotopic (exact) mass is 405 g/mol. The molecule has 6 rings (SSSR count). The third-order valence-electron chi connectivity index (χ3n) is 8.17. The van der Waals surface area contributed by atoms with Gasteiger partial charge in [0.2, 0.25) is 0 Å². The molecule has 30 heavy (non-hydrogen) atoms. The van der Waals surface area contributed by atoms with Crippen molar-refractivity contribution >= 4 is 0 Å². The highest BCUT2D eigenvalue weighted by Crippen LogP contribution is 2.61. The van der Waals surface area contributed by atoms with Crippen LogP contribution in [0.1, 0.15) is 62.0 Å². The number of hydrogen-bond acceptors (Lipinski definition) is 4. The van der Waals surface area contributed by atoms with Gasteiger partial charge < -0.3 is 4.74 Å². The molecule has 4 fully saturated rings. The number of rotatable bonds is 4. The molecule has 0 aromatic heterocycles. The fraction of sp³-hybridized carbons (Fsp3) is 0.538. The van der Waals surface area contributed by atoms with E-state index in [1.165, 1.54) is 30.4 Å². The molecule has 7 atom stereocenters. The lowest BCUT2D eigenvalue weighted by atomic mass is 9.76. The van der Waals surface area contributed by atoms with Gasteiger partial charge in [0.05, 0.1) is 18.2 Å². The van der Waals surface area contributed by atoms with E-state index >= 15 is 0 Å². The maximum atomic E-state index is 6.83. The molecule has 0 radical (unpaired) electrons. The molecule has 2 saturated carbocycles. The second-order valence-corrected chi connectivity index (χ2v) is 9.71. The second kappa shape index (κ2) is 7.45. The van der Waals surface area contributed by atoms with Gasteiger partial charge in [0.25, 0.3) is 0 Å². The van der Waals surface area contributed by atoms with Crippen molar-refractivity contribution < 1.29 is 14.4 Å². The minimum Gasteiger partial charge on any atom is -0.347 e. The minimum absolute atomic E-state index is 0.114. The molecule has 0 N–H and O–H groups in total. The minimum atomic E-state index is -0.247. The Kier molecular flexibility index (Phi) is 4.72. The highest BCUT2D eigenvalue weighted by Gasteiger charge is 2.67. The maximum absolute atomic E-state index is 6.83. The normalized spacial score (nSPS) is 40.6. The van der Waals surface area contributed by atoms with Crippen molar-refractivity contribution in [2.45, 2.75) is 68.8 Å². The van der Waals surface area contributed by atoms with Crippen molar-refractivity contribution in [2.24, 2.45) is 11.8 Å². The lowest BCUT2D eigenvalue weighted by Gasteiger charge is -2.47. The van der Waals surface area contributed by atoms with Crippen molar-refractivity contribution in [2.75, 3.05) is 6.61 Å². The Morgan fingerprint density at radius 2 is 1.63 bits per heavy atom. The van der Waals surface area contributed by atoms with Crippen molar-refractivity contribution in [1.29, 1.82) is 0 Å². The van der Waals surface area contributed by atoms with Crippen LogP contribution in [0.5, 0.6) is 0 Å². The molecule has 0 amide bonds. The first-order valence-corrected chi connectivity index (χ1v) is 11.6. The summed E-state index contributed by atoms with van der Waals surface area (Å²) >= 11 is 0. The SMILES string of the molecule is C[C@]12[C@@H]3CON1O[C@@H](OC1CCCCC1c1ccccc1)[C@@H](C3)[C@@H]2c1ccccc1. The van der Waals surface area contributed by atoms with Crippen LogP contribution in [0, 0.1) is 11.8 Å². The van der Waals surface area contributed by atoms with E-state index in [1.807, 2.05) is 5.23 Å². The fourth-order valence-corrected chi connectivity index (χ4v) is 6.66. The van der Waals surface area contributed by atoms with Gasteiger partial charge in [0, 0.05) is 23.7 Å². The average Bonchev–Trinajstić information content (AvgIpc) is 3.23. The lowest BCUT2D eigenvalue weighted by Crippen LogP contribution is -2.55. The zero-order chi connectivity index (χ0) is 20.1. The Hall–Kier alpha value is -1.72. The van der Waals surface area contributed by atoms with Gasteiger partial charge >= 0.3 is 0 Å². The smallest absolute Gasteiger partial charge is 0.184 e. The number of nitrogens with zero attached hydrogens (tertiary/aromatic N) is 1. The molecule has 2 aromatic carbocycles. The summed E-state index contributed by atoms with van der Waals surface area (Å²) in [5.41, 5.74) is 2.66. The summed E-state index contributed by atoms with van der Waals surface area (Å²) in [6.45, 7) is 3.06. The average molecular weight is 406 g/mol. The van der Waals surface area contributed by atoms with Gasteiger partial charge in [-0.05, 0) is 37.3 Å². The Labute approximate surface area is 179 Å². The van der Waals surface area contributed by atoms with Crippen LogP contribution in [0.25, 0.3) is 0 Å². The van der Waals surface area contributed by atoms with Crippen LogP contribution in [0.3, 0.4) is 0 Å². The van der Waals surface area contributed by atoms with Crippen molar-refractivity contribution in [3.8, 4) is 0 Å². The van der Waals surface area contributed by atoms with Gasteiger partial charge in [-0.25, -0.2) is 4.84 Å². The van der Waals surface area contributed by atoms with E-state index < -0.39 is 0 Å². The highest BCUT2D eigenvalue weighted by molar-refractivity contribution is 5.30. The highest BCUT2D eigenvalue weighted by atomic mass is 17.0. The van der Waals surface area contributed by atoms with Crippen molar-refractivity contribution in [1.82, 2.24) is 5.23 Å². The summed E-state index contributed by atoms with van der Waals surface area (Å²) in [5.74, 6) is 1.66. The van der Waals surface area contributed by atoms with Gasteiger partial charge in [-0.15, -0.1) is 0 Å². The van der Waals surface area contributed by atoms with E-state index in [2.05, 4.69) is 67.6 Å². The van der Waals surface area contributed by atoms with Crippen LogP contribution in [0.2, 0.25) is 0 Å². The molecule has 2 unspecified atom stereocenters. The van der Waals surface area contributed by atoms with Crippen LogP contribution in [-0.4, -0.2) is 29.8 Å². The first kappa shape index (κ1) is 19.0. The predicted molar refractivity (Wildman–Crippen MR) is 114 cm³/mol. The topological polar surface area (TPSA) is 30.9 Å². The molecule has 2 saturated heterocycles. The molecule has 4 nitrogen and oxygen atoms in total. The van der Waals surface area contributed by atoms with Crippen molar-refractivity contribution in [3.05, 3.63) is 71.8 Å². The van der Waals surface area contributed by atoms with Gasteiger partial charge in [0.15, 0.2) is 6.29 Å². The quantitative estimate of drug-likeness (QED) is 0.679. The Bertz CT molecular complexity index is 874. The van der Waals surface area contributed by atoms with E-state index in [0.717, 1.165) is 19.4 Å². The first-order chi connectivity index (χ1) is 14.7. The van der Waals surface area contributed by atoms with Crippen molar-refractivity contribution in [3.63, 3.8) is 0 Å². The molecule has 2 bridgehead atoms. The summed E-state index contributed by atoms with van der Waals surface area (Å²) in [7, 11) is 0. The molecular weight excluding hydrogens is 374 g/mol. The van der Waals surface area contributed by atoms with Crippen LogP contribution in [0.15, 0.2) is 60.7 Å². The number of hydroxylamine groups is 2. The van der Waals surface area contributed by atoms with Crippen LogP contribution in [-0.2, 0) is 14.4 Å². The molecule has 2 aliphatic carbocycles. The standard InChI is InChI=1S/C26H31NO3/c1-26-20-16-22(24(26)19-12-6-3-7-13-19)25(30-27(26)28-17-20)29-23-15-9-8-14-21(23)18-10-4-2-5-11-18/h2-7,10-13,20-25H,8-9,14-17H2,1H3/t20-,21?,22-,23?,24-,25+,26+/m0/s1. The molecule has 2 aliphatic heterocycles. The lowest BCUT2D eigenvalue weighted by molar-refractivity contribution is -0.460. The number of ether oxygens (including phenoxy) is 1. The van der Waals surface area contributed by atoms with Crippen LogP contribution >= 0.6 is 0 Å². The number of hydrogen-bond donors (Lipinski definition) is 0. The largest absolute Gasteiger partial charge is 0.347 e. The van der Waals surface area contributed by atoms with E-state index in [1.54, 1.807) is 0 Å². The summed E-state index contributed by atoms with van der Waals surface area (Å²) in [4.78, 5) is 12.4. The number of fused-ring (bicyclic) bond motifs is 1. The van der Waals surface area contributed by atoms with Gasteiger partial charge in [-0.1, -0.05) is 78.7 Å². The molecule has 4 heteroatoms. The Morgan fingerprint density at radius 3 is 2.40 bits per heavy atom. The summed E-state index contributed by atoms with van der Waals surface area (Å²) < 4.78 is 6.83.